The predicted molar refractivity (Wildman–Crippen MR) is 119 cm³/mol. The largest absolute Gasteiger partial charge is 0.444 e. The molecule has 0 aliphatic heterocycles. The third-order valence-electron chi connectivity index (χ3n) is 4.65. The van der Waals surface area contributed by atoms with Gasteiger partial charge in [-0.3, -0.25) is 14.9 Å². The first-order valence-electron chi connectivity index (χ1n) is 10.4. The molecule has 3 amide bonds. The summed E-state index contributed by atoms with van der Waals surface area (Å²) in [6.07, 6.45) is 1.52. The van der Waals surface area contributed by atoms with Crippen molar-refractivity contribution in [3.63, 3.8) is 0 Å². The summed E-state index contributed by atoms with van der Waals surface area (Å²) >= 11 is 0. The topological polar surface area (TPSA) is 87.7 Å². The van der Waals surface area contributed by atoms with E-state index in [9.17, 15) is 14.4 Å². The third kappa shape index (κ3) is 6.84. The molecule has 7 heteroatoms. The lowest BCUT2D eigenvalue weighted by molar-refractivity contribution is 0.0634. The fraction of sp³-hybridized carbons (Fsp3) is 0.375. The number of hydrogen-bond donors (Lipinski definition) is 2. The van der Waals surface area contributed by atoms with Crippen molar-refractivity contribution in [1.29, 1.82) is 0 Å². The van der Waals surface area contributed by atoms with E-state index in [0.29, 0.717) is 29.4 Å². The molecule has 7 nitrogen and oxygen atoms in total. The second kappa shape index (κ2) is 9.20. The third-order valence-corrected chi connectivity index (χ3v) is 4.65. The Morgan fingerprint density at radius 3 is 2.32 bits per heavy atom. The average molecular weight is 424 g/mol. The summed E-state index contributed by atoms with van der Waals surface area (Å²) in [4.78, 5) is 38.5. The zero-order valence-corrected chi connectivity index (χ0v) is 18.4. The Kier molecular flexibility index (Phi) is 6.63. The minimum atomic E-state index is -0.605. The number of benzene rings is 2. The van der Waals surface area contributed by atoms with Crippen LogP contribution in [-0.2, 0) is 11.3 Å². The van der Waals surface area contributed by atoms with Gasteiger partial charge in [-0.15, -0.1) is 0 Å². The lowest BCUT2D eigenvalue weighted by Crippen LogP contribution is -2.28. The average Bonchev–Trinajstić information content (AvgIpc) is 3.50. The van der Waals surface area contributed by atoms with Crippen LogP contribution < -0.4 is 10.6 Å². The van der Waals surface area contributed by atoms with Crippen molar-refractivity contribution in [3.8, 4) is 0 Å². The molecule has 0 unspecified atom stereocenters. The molecule has 2 N–H and O–H groups in total. The quantitative estimate of drug-likeness (QED) is 0.729. The molecular weight excluding hydrogens is 394 g/mol. The van der Waals surface area contributed by atoms with Crippen molar-refractivity contribution < 1.29 is 19.1 Å². The Bertz CT molecular complexity index is 960. The molecule has 2 aromatic carbocycles. The van der Waals surface area contributed by atoms with Crippen LogP contribution in [0.3, 0.4) is 0 Å². The molecule has 0 heterocycles. The lowest BCUT2D eigenvalue weighted by atomic mass is 10.1. The van der Waals surface area contributed by atoms with Gasteiger partial charge in [0.1, 0.15) is 5.60 Å². The van der Waals surface area contributed by atoms with Gasteiger partial charge in [-0.05, 0) is 69.5 Å². The van der Waals surface area contributed by atoms with Crippen LogP contribution in [0.1, 0.15) is 59.9 Å². The SMILES string of the molecule is CN(Cc1ccc(C(=O)NC2CC2)cc1)C(=O)c1cccc(NC(=O)OC(C)(C)C)c1. The van der Waals surface area contributed by atoms with E-state index >= 15 is 0 Å². The van der Waals surface area contributed by atoms with Crippen LogP contribution >= 0.6 is 0 Å². The highest BCUT2D eigenvalue weighted by Gasteiger charge is 2.23. The minimum absolute atomic E-state index is 0.0622. The van der Waals surface area contributed by atoms with Crippen LogP contribution in [0.2, 0.25) is 0 Å². The molecule has 1 aliphatic rings. The number of carbonyl (C=O) groups excluding carboxylic acids is 3. The smallest absolute Gasteiger partial charge is 0.412 e. The molecule has 0 saturated heterocycles. The standard InChI is InChI=1S/C24H29N3O4/c1-24(2,3)31-23(30)26-20-7-5-6-18(14-20)22(29)27(4)15-16-8-10-17(11-9-16)21(28)25-19-12-13-19/h5-11,14,19H,12-13,15H2,1-4H3,(H,25,28)(H,26,30). The maximum Gasteiger partial charge on any atom is 0.412 e. The number of nitrogens with zero attached hydrogens (tertiary/aromatic N) is 1. The Balaban J connectivity index is 1.59. The molecule has 0 atom stereocenters. The van der Waals surface area contributed by atoms with Gasteiger partial charge in [-0.1, -0.05) is 18.2 Å². The number of ether oxygens (including phenoxy) is 1. The van der Waals surface area contributed by atoms with E-state index in [4.69, 9.17) is 4.74 Å². The Labute approximate surface area is 182 Å². The summed E-state index contributed by atoms with van der Waals surface area (Å²) in [5.74, 6) is -0.240. The minimum Gasteiger partial charge on any atom is -0.444 e. The van der Waals surface area contributed by atoms with Crippen molar-refractivity contribution in [2.24, 2.45) is 0 Å². The monoisotopic (exact) mass is 423 g/mol. The molecule has 1 saturated carbocycles. The van der Waals surface area contributed by atoms with E-state index in [-0.39, 0.29) is 11.8 Å². The molecule has 0 spiro atoms. The van der Waals surface area contributed by atoms with Crippen LogP contribution in [0.15, 0.2) is 48.5 Å². The molecule has 1 aliphatic carbocycles. The molecule has 0 aromatic heterocycles. The summed E-state index contributed by atoms with van der Waals surface area (Å²) in [6, 6.07) is 14.3. The number of rotatable bonds is 6. The van der Waals surface area contributed by atoms with Crippen molar-refractivity contribution in [3.05, 3.63) is 65.2 Å². The molecule has 0 radical (unpaired) electrons. The van der Waals surface area contributed by atoms with Gasteiger partial charge in [0.05, 0.1) is 0 Å². The van der Waals surface area contributed by atoms with Gasteiger partial charge >= 0.3 is 6.09 Å². The van der Waals surface area contributed by atoms with E-state index in [1.807, 2.05) is 12.1 Å². The first-order chi connectivity index (χ1) is 14.6. The second-order valence-corrected chi connectivity index (χ2v) is 8.81. The first-order valence-corrected chi connectivity index (χ1v) is 10.4. The molecule has 3 rings (SSSR count). The molecule has 1 fully saturated rings. The summed E-state index contributed by atoms with van der Waals surface area (Å²) < 4.78 is 5.25. The van der Waals surface area contributed by atoms with Gasteiger partial charge in [0.2, 0.25) is 0 Å². The van der Waals surface area contributed by atoms with Crippen LogP contribution in [0.4, 0.5) is 10.5 Å². The molecule has 2 aromatic rings. The van der Waals surface area contributed by atoms with Crippen molar-refractivity contribution in [2.75, 3.05) is 12.4 Å². The van der Waals surface area contributed by atoms with Crippen LogP contribution in [0, 0.1) is 0 Å². The summed E-state index contributed by atoms with van der Waals surface area (Å²) in [5, 5.41) is 5.61. The molecule has 31 heavy (non-hydrogen) atoms. The predicted octanol–water partition coefficient (Wildman–Crippen LogP) is 4.20. The van der Waals surface area contributed by atoms with Gasteiger partial charge in [-0.25, -0.2) is 4.79 Å². The normalized spacial score (nSPS) is 13.3. The van der Waals surface area contributed by atoms with Crippen LogP contribution in [0.25, 0.3) is 0 Å². The fourth-order valence-corrected chi connectivity index (χ4v) is 2.98. The number of amides is 3. The Hall–Kier alpha value is -3.35. The molecule has 164 valence electrons. The van der Waals surface area contributed by atoms with Crippen molar-refractivity contribution >= 4 is 23.6 Å². The number of anilines is 1. The van der Waals surface area contributed by atoms with Gasteiger partial charge in [0.15, 0.2) is 0 Å². The van der Waals surface area contributed by atoms with Crippen LogP contribution in [0.5, 0.6) is 0 Å². The number of hydrogen-bond acceptors (Lipinski definition) is 4. The van der Waals surface area contributed by atoms with Crippen LogP contribution in [-0.4, -0.2) is 41.5 Å². The van der Waals surface area contributed by atoms with Gasteiger partial charge in [0, 0.05) is 36.4 Å². The van der Waals surface area contributed by atoms with E-state index in [2.05, 4.69) is 10.6 Å². The van der Waals surface area contributed by atoms with Gasteiger partial charge in [-0.2, -0.15) is 0 Å². The maximum absolute atomic E-state index is 12.8. The zero-order valence-electron chi connectivity index (χ0n) is 18.4. The second-order valence-electron chi connectivity index (χ2n) is 8.81. The first kappa shape index (κ1) is 22.3. The van der Waals surface area contributed by atoms with Gasteiger partial charge < -0.3 is 15.0 Å². The highest BCUT2D eigenvalue weighted by molar-refractivity contribution is 5.96. The fourth-order valence-electron chi connectivity index (χ4n) is 2.98. The van der Waals surface area contributed by atoms with E-state index in [0.717, 1.165) is 18.4 Å². The van der Waals surface area contributed by atoms with Crippen molar-refractivity contribution in [1.82, 2.24) is 10.2 Å². The Morgan fingerprint density at radius 2 is 1.71 bits per heavy atom. The molecule has 0 bridgehead atoms. The highest BCUT2D eigenvalue weighted by atomic mass is 16.6. The lowest BCUT2D eigenvalue weighted by Gasteiger charge is -2.20. The summed E-state index contributed by atoms with van der Waals surface area (Å²) in [7, 11) is 1.71. The number of nitrogens with one attached hydrogen (secondary N) is 2. The zero-order chi connectivity index (χ0) is 22.6. The summed E-state index contributed by atoms with van der Waals surface area (Å²) in [6.45, 7) is 5.75. The summed E-state index contributed by atoms with van der Waals surface area (Å²) in [5.41, 5.74) is 1.87. The van der Waals surface area contributed by atoms with E-state index < -0.39 is 11.7 Å². The number of carbonyl (C=O) groups is 3. The van der Waals surface area contributed by atoms with E-state index in [1.165, 1.54) is 0 Å². The van der Waals surface area contributed by atoms with Gasteiger partial charge in [0.25, 0.3) is 11.8 Å². The highest BCUT2D eigenvalue weighted by Crippen LogP contribution is 2.20. The van der Waals surface area contributed by atoms with Crippen molar-refractivity contribution in [2.45, 2.75) is 51.8 Å². The Morgan fingerprint density at radius 1 is 1.03 bits per heavy atom. The van der Waals surface area contributed by atoms with E-state index in [1.54, 1.807) is 69.1 Å². The maximum atomic E-state index is 12.8. The molecular formula is C24H29N3O4.